The molecular formula is C13H13ClN2O2. The second-order valence-corrected chi connectivity index (χ2v) is 4.17. The minimum absolute atomic E-state index is 0.342. The van der Waals surface area contributed by atoms with E-state index in [9.17, 15) is 0 Å². The van der Waals surface area contributed by atoms with Crippen molar-refractivity contribution in [3.05, 3.63) is 47.1 Å². The summed E-state index contributed by atoms with van der Waals surface area (Å²) in [4.78, 5) is 4.04. The van der Waals surface area contributed by atoms with Crippen molar-refractivity contribution in [1.82, 2.24) is 4.98 Å². The molecule has 0 aliphatic rings. The van der Waals surface area contributed by atoms with Crippen LogP contribution in [0.15, 0.2) is 36.5 Å². The van der Waals surface area contributed by atoms with Crippen LogP contribution in [0.1, 0.15) is 5.56 Å². The molecule has 0 radical (unpaired) electrons. The van der Waals surface area contributed by atoms with Gasteiger partial charge in [-0.25, -0.2) is 4.98 Å². The van der Waals surface area contributed by atoms with E-state index in [0.717, 1.165) is 5.56 Å². The number of hydrogen-bond acceptors (Lipinski definition) is 4. The zero-order chi connectivity index (χ0) is 13.0. The third kappa shape index (κ3) is 3.12. The Labute approximate surface area is 110 Å². The van der Waals surface area contributed by atoms with E-state index in [1.54, 1.807) is 13.2 Å². The SMILES string of the molecule is COCc1cccc(Oc2ncc(Cl)cc2N)c1. The largest absolute Gasteiger partial charge is 0.437 e. The number of benzene rings is 1. The Balaban J connectivity index is 2.20. The van der Waals surface area contributed by atoms with Gasteiger partial charge in [-0.15, -0.1) is 0 Å². The fourth-order valence-corrected chi connectivity index (χ4v) is 1.67. The first-order chi connectivity index (χ1) is 8.69. The van der Waals surface area contributed by atoms with E-state index < -0.39 is 0 Å². The van der Waals surface area contributed by atoms with Gasteiger partial charge in [0.1, 0.15) is 5.75 Å². The highest BCUT2D eigenvalue weighted by Crippen LogP contribution is 2.27. The highest BCUT2D eigenvalue weighted by atomic mass is 35.5. The Morgan fingerprint density at radius 3 is 2.89 bits per heavy atom. The van der Waals surface area contributed by atoms with Gasteiger partial charge in [-0.05, 0) is 23.8 Å². The van der Waals surface area contributed by atoms with E-state index in [-0.39, 0.29) is 0 Å². The third-order valence-corrected chi connectivity index (χ3v) is 2.48. The van der Waals surface area contributed by atoms with Gasteiger partial charge in [-0.1, -0.05) is 23.7 Å². The topological polar surface area (TPSA) is 57.4 Å². The number of pyridine rings is 1. The fourth-order valence-electron chi connectivity index (χ4n) is 1.50. The number of nitrogens with two attached hydrogens (primary N) is 1. The summed E-state index contributed by atoms with van der Waals surface area (Å²) in [6.07, 6.45) is 1.49. The summed E-state index contributed by atoms with van der Waals surface area (Å²) >= 11 is 5.77. The third-order valence-electron chi connectivity index (χ3n) is 2.27. The molecule has 0 amide bonds. The maximum atomic E-state index is 5.77. The van der Waals surface area contributed by atoms with Crippen LogP contribution >= 0.6 is 11.6 Å². The van der Waals surface area contributed by atoms with Crippen molar-refractivity contribution in [2.45, 2.75) is 6.61 Å². The molecule has 0 aliphatic carbocycles. The van der Waals surface area contributed by atoms with Gasteiger partial charge in [0.15, 0.2) is 0 Å². The second-order valence-electron chi connectivity index (χ2n) is 3.73. The first-order valence-corrected chi connectivity index (χ1v) is 5.73. The van der Waals surface area contributed by atoms with Crippen molar-refractivity contribution in [1.29, 1.82) is 0 Å². The summed E-state index contributed by atoms with van der Waals surface area (Å²) in [5.41, 5.74) is 7.19. The van der Waals surface area contributed by atoms with Gasteiger partial charge in [0, 0.05) is 13.3 Å². The summed E-state index contributed by atoms with van der Waals surface area (Å²) in [5.74, 6) is 1.00. The van der Waals surface area contributed by atoms with E-state index in [0.29, 0.717) is 28.9 Å². The summed E-state index contributed by atoms with van der Waals surface area (Å²) < 4.78 is 10.7. The first-order valence-electron chi connectivity index (χ1n) is 5.36. The molecule has 0 saturated carbocycles. The van der Waals surface area contributed by atoms with E-state index in [2.05, 4.69) is 4.98 Å². The lowest BCUT2D eigenvalue weighted by Gasteiger charge is -2.08. The van der Waals surface area contributed by atoms with E-state index in [4.69, 9.17) is 26.8 Å². The van der Waals surface area contributed by atoms with Crippen LogP contribution in [0.3, 0.4) is 0 Å². The maximum Gasteiger partial charge on any atom is 0.242 e. The average Bonchev–Trinajstić information content (AvgIpc) is 2.34. The molecule has 0 bridgehead atoms. The number of hydrogen-bond donors (Lipinski definition) is 1. The van der Waals surface area contributed by atoms with Gasteiger partial charge in [0.2, 0.25) is 5.88 Å². The molecule has 1 aromatic carbocycles. The van der Waals surface area contributed by atoms with E-state index >= 15 is 0 Å². The molecule has 4 nitrogen and oxygen atoms in total. The Kier molecular flexibility index (Phi) is 4.02. The predicted octanol–water partition coefficient (Wildman–Crippen LogP) is 3.26. The standard InChI is InChI=1S/C13H13ClN2O2/c1-17-8-9-3-2-4-11(5-9)18-13-12(15)6-10(14)7-16-13/h2-7H,8,15H2,1H3. The van der Waals surface area contributed by atoms with Gasteiger partial charge in [0.25, 0.3) is 0 Å². The van der Waals surface area contributed by atoms with Crippen LogP contribution in [0.5, 0.6) is 11.6 Å². The summed E-state index contributed by atoms with van der Waals surface area (Å²) in [6, 6.07) is 9.14. The van der Waals surface area contributed by atoms with Gasteiger partial charge in [-0.3, -0.25) is 0 Å². The molecule has 2 rings (SSSR count). The van der Waals surface area contributed by atoms with Crippen LogP contribution < -0.4 is 10.5 Å². The molecule has 0 fully saturated rings. The summed E-state index contributed by atoms with van der Waals surface area (Å²) in [6.45, 7) is 0.529. The molecular weight excluding hydrogens is 252 g/mol. The lowest BCUT2D eigenvalue weighted by Crippen LogP contribution is -1.95. The van der Waals surface area contributed by atoms with Crippen LogP contribution in [0, 0.1) is 0 Å². The molecule has 0 aliphatic heterocycles. The molecule has 0 spiro atoms. The average molecular weight is 265 g/mol. The minimum Gasteiger partial charge on any atom is -0.437 e. The number of nitrogens with zero attached hydrogens (tertiary/aromatic N) is 1. The van der Waals surface area contributed by atoms with Crippen LogP contribution in [-0.4, -0.2) is 12.1 Å². The molecule has 2 N–H and O–H groups in total. The zero-order valence-electron chi connectivity index (χ0n) is 9.89. The van der Waals surface area contributed by atoms with Crippen LogP contribution in [0.4, 0.5) is 5.69 Å². The lowest BCUT2D eigenvalue weighted by atomic mass is 10.2. The number of nitrogen functional groups attached to an aromatic ring is 1. The number of aromatic nitrogens is 1. The number of anilines is 1. The first kappa shape index (κ1) is 12.7. The van der Waals surface area contributed by atoms with Crippen molar-refractivity contribution in [2.75, 3.05) is 12.8 Å². The van der Waals surface area contributed by atoms with Crippen molar-refractivity contribution in [3.8, 4) is 11.6 Å². The summed E-state index contributed by atoms with van der Waals surface area (Å²) in [5, 5.41) is 0.480. The van der Waals surface area contributed by atoms with Crippen LogP contribution in [0.2, 0.25) is 5.02 Å². The Hall–Kier alpha value is -1.78. The highest BCUT2D eigenvalue weighted by Gasteiger charge is 2.05. The van der Waals surface area contributed by atoms with E-state index in [1.807, 2.05) is 24.3 Å². The molecule has 1 heterocycles. The smallest absolute Gasteiger partial charge is 0.242 e. The number of rotatable bonds is 4. The Morgan fingerprint density at radius 1 is 1.33 bits per heavy atom. The number of methoxy groups -OCH3 is 1. The molecule has 1 aromatic heterocycles. The molecule has 18 heavy (non-hydrogen) atoms. The molecule has 94 valence electrons. The minimum atomic E-state index is 0.342. The molecule has 0 unspecified atom stereocenters. The molecule has 2 aromatic rings. The van der Waals surface area contributed by atoms with Crippen molar-refractivity contribution in [3.63, 3.8) is 0 Å². The van der Waals surface area contributed by atoms with Gasteiger partial charge in [-0.2, -0.15) is 0 Å². The van der Waals surface area contributed by atoms with Gasteiger partial charge in [0.05, 0.1) is 17.3 Å². The molecule has 0 saturated heterocycles. The lowest BCUT2D eigenvalue weighted by molar-refractivity contribution is 0.184. The zero-order valence-corrected chi connectivity index (χ0v) is 10.6. The monoisotopic (exact) mass is 264 g/mol. The number of halogens is 1. The molecule has 0 atom stereocenters. The maximum absolute atomic E-state index is 5.77. The Bertz CT molecular complexity index is 546. The van der Waals surface area contributed by atoms with Gasteiger partial charge >= 0.3 is 0 Å². The predicted molar refractivity (Wildman–Crippen MR) is 70.9 cm³/mol. The highest BCUT2D eigenvalue weighted by molar-refractivity contribution is 6.30. The quantitative estimate of drug-likeness (QED) is 0.921. The van der Waals surface area contributed by atoms with E-state index in [1.165, 1.54) is 6.20 Å². The van der Waals surface area contributed by atoms with Crippen molar-refractivity contribution >= 4 is 17.3 Å². The Morgan fingerprint density at radius 2 is 2.17 bits per heavy atom. The van der Waals surface area contributed by atoms with Gasteiger partial charge < -0.3 is 15.2 Å². The van der Waals surface area contributed by atoms with Crippen molar-refractivity contribution < 1.29 is 9.47 Å². The number of ether oxygens (including phenoxy) is 2. The molecule has 5 heteroatoms. The normalized spacial score (nSPS) is 10.3. The second kappa shape index (κ2) is 5.71. The fraction of sp³-hybridized carbons (Fsp3) is 0.154. The van der Waals surface area contributed by atoms with Crippen LogP contribution in [-0.2, 0) is 11.3 Å². The van der Waals surface area contributed by atoms with Crippen LogP contribution in [0.25, 0.3) is 0 Å². The summed E-state index contributed by atoms with van der Waals surface area (Å²) in [7, 11) is 1.65. The van der Waals surface area contributed by atoms with Crippen molar-refractivity contribution in [2.24, 2.45) is 0 Å².